The maximum Gasteiger partial charge on any atom is 0.305 e. The van der Waals surface area contributed by atoms with Gasteiger partial charge in [-0.15, -0.1) is 0 Å². The summed E-state index contributed by atoms with van der Waals surface area (Å²) in [6.45, 7) is -1.96. The monoisotopic (exact) mass is 514 g/mol. The molecule has 0 saturated carbocycles. The molecular formula is C23H24N5O9+. The van der Waals surface area contributed by atoms with E-state index in [4.69, 9.17) is 5.11 Å². The summed E-state index contributed by atoms with van der Waals surface area (Å²) in [5.41, 5.74) is 0.270. The van der Waals surface area contributed by atoms with Crippen molar-refractivity contribution in [3.8, 4) is 0 Å². The SMILES string of the molecule is O=C[C@H](CC(=O)O)NC(=O)CN1C(=O)[C@@H](NC(=O)c2ccc[n+](O)c2)CN(C(=O)CO)c2ccccc21. The summed E-state index contributed by atoms with van der Waals surface area (Å²) in [4.78, 5) is 75.8. The van der Waals surface area contributed by atoms with Crippen LogP contribution in [0.3, 0.4) is 0 Å². The van der Waals surface area contributed by atoms with Crippen molar-refractivity contribution in [2.45, 2.75) is 18.5 Å². The summed E-state index contributed by atoms with van der Waals surface area (Å²) in [6, 6.07) is 6.07. The zero-order valence-electron chi connectivity index (χ0n) is 19.3. The number of nitrogens with one attached hydrogen (secondary N) is 2. The molecule has 37 heavy (non-hydrogen) atoms. The Hall–Kier alpha value is -4.85. The Labute approximate surface area is 209 Å². The number of nitrogens with zero attached hydrogens (tertiary/aromatic N) is 3. The predicted octanol–water partition coefficient (Wildman–Crippen LogP) is -2.16. The van der Waals surface area contributed by atoms with Gasteiger partial charge in [0.25, 0.3) is 17.7 Å². The van der Waals surface area contributed by atoms with Crippen LogP contribution in [0, 0.1) is 0 Å². The lowest BCUT2D eigenvalue weighted by Crippen LogP contribution is -2.55. The number of carbonyl (C=O) groups is 6. The topological polar surface area (TPSA) is 198 Å². The second-order valence-corrected chi connectivity index (χ2v) is 7.98. The number of carboxylic acids is 1. The Morgan fingerprint density at radius 2 is 1.84 bits per heavy atom. The lowest BCUT2D eigenvalue weighted by atomic mass is 10.2. The van der Waals surface area contributed by atoms with Crippen molar-refractivity contribution in [3.05, 3.63) is 54.4 Å². The zero-order valence-corrected chi connectivity index (χ0v) is 19.3. The summed E-state index contributed by atoms with van der Waals surface area (Å²) < 4.78 is 0.637. The van der Waals surface area contributed by atoms with Gasteiger partial charge in [0.2, 0.25) is 18.3 Å². The van der Waals surface area contributed by atoms with Crippen LogP contribution in [-0.4, -0.2) is 83.1 Å². The van der Waals surface area contributed by atoms with Crippen LogP contribution in [0.25, 0.3) is 0 Å². The minimum atomic E-state index is -1.39. The molecule has 0 radical (unpaired) electrons. The number of fused-ring (bicyclic) bond motifs is 1. The molecule has 1 aromatic carbocycles. The second-order valence-electron chi connectivity index (χ2n) is 7.98. The molecule has 1 aliphatic rings. The van der Waals surface area contributed by atoms with Crippen LogP contribution in [0.4, 0.5) is 11.4 Å². The highest BCUT2D eigenvalue weighted by atomic mass is 16.5. The molecule has 3 rings (SSSR count). The summed E-state index contributed by atoms with van der Waals surface area (Å²) >= 11 is 0. The summed E-state index contributed by atoms with van der Waals surface area (Å²) in [5, 5.41) is 32.7. The highest BCUT2D eigenvalue weighted by Gasteiger charge is 2.38. The lowest BCUT2D eigenvalue weighted by molar-refractivity contribution is -0.904. The van der Waals surface area contributed by atoms with Crippen molar-refractivity contribution in [2.75, 3.05) is 29.5 Å². The fraction of sp³-hybridized carbons (Fsp3) is 0.261. The van der Waals surface area contributed by atoms with Crippen LogP contribution in [0.2, 0.25) is 0 Å². The summed E-state index contributed by atoms with van der Waals surface area (Å²) in [5.74, 6) is -4.52. The van der Waals surface area contributed by atoms with Crippen LogP contribution in [-0.2, 0) is 24.0 Å². The van der Waals surface area contributed by atoms with Gasteiger partial charge < -0.3 is 30.5 Å². The van der Waals surface area contributed by atoms with Gasteiger partial charge in [0.15, 0.2) is 0 Å². The van der Waals surface area contributed by atoms with Gasteiger partial charge in [-0.2, -0.15) is 0 Å². The Morgan fingerprint density at radius 1 is 1.14 bits per heavy atom. The molecule has 2 heterocycles. The largest absolute Gasteiger partial charge is 0.481 e. The Bertz CT molecular complexity index is 1230. The fourth-order valence-electron chi connectivity index (χ4n) is 3.74. The van der Waals surface area contributed by atoms with Gasteiger partial charge >= 0.3 is 5.97 Å². The number of pyridine rings is 1. The lowest BCUT2D eigenvalue weighted by Gasteiger charge is -2.25. The molecule has 1 aromatic heterocycles. The van der Waals surface area contributed by atoms with Crippen LogP contribution in [0.1, 0.15) is 16.8 Å². The average Bonchev–Trinajstić information content (AvgIpc) is 2.98. The molecule has 0 fully saturated rings. The molecule has 1 aliphatic heterocycles. The quantitative estimate of drug-likeness (QED) is 0.141. The number of rotatable bonds is 9. The molecule has 0 aliphatic carbocycles. The molecule has 0 unspecified atom stereocenters. The molecule has 5 N–H and O–H groups in total. The van der Waals surface area contributed by atoms with Gasteiger partial charge in [-0.25, -0.2) is 0 Å². The number of hydrogen-bond donors (Lipinski definition) is 5. The number of carboxylic acid groups (broad SMARTS) is 1. The van der Waals surface area contributed by atoms with E-state index in [1.807, 2.05) is 0 Å². The number of benzene rings is 1. The van der Waals surface area contributed by atoms with Gasteiger partial charge in [-0.05, 0) is 18.2 Å². The molecular weight excluding hydrogens is 490 g/mol. The van der Waals surface area contributed by atoms with E-state index in [0.717, 1.165) is 16.0 Å². The van der Waals surface area contributed by atoms with E-state index in [0.29, 0.717) is 4.73 Å². The molecule has 194 valence electrons. The van der Waals surface area contributed by atoms with E-state index in [2.05, 4.69) is 10.6 Å². The Morgan fingerprint density at radius 3 is 2.46 bits per heavy atom. The third kappa shape index (κ3) is 6.43. The van der Waals surface area contributed by atoms with Crippen LogP contribution in [0.5, 0.6) is 0 Å². The average molecular weight is 514 g/mol. The van der Waals surface area contributed by atoms with Crippen LogP contribution < -0.4 is 25.2 Å². The number of aldehydes is 1. The number of aromatic nitrogens is 1. The zero-order chi connectivity index (χ0) is 27.1. The van der Waals surface area contributed by atoms with Crippen molar-refractivity contribution in [3.63, 3.8) is 0 Å². The van der Waals surface area contributed by atoms with Crippen molar-refractivity contribution in [1.29, 1.82) is 0 Å². The third-order valence-corrected chi connectivity index (χ3v) is 5.39. The number of para-hydroxylation sites is 2. The molecule has 2 atom stereocenters. The molecule has 14 heteroatoms. The first-order valence-corrected chi connectivity index (χ1v) is 10.9. The minimum Gasteiger partial charge on any atom is -0.481 e. The van der Waals surface area contributed by atoms with Crippen molar-refractivity contribution < 1.29 is 48.9 Å². The number of aliphatic hydroxyl groups is 1. The van der Waals surface area contributed by atoms with Gasteiger partial charge in [0, 0.05) is 10.8 Å². The first-order chi connectivity index (χ1) is 17.6. The number of carbonyl (C=O) groups excluding carboxylic acids is 5. The first kappa shape index (κ1) is 26.7. The minimum absolute atomic E-state index is 0.00798. The van der Waals surface area contributed by atoms with Gasteiger partial charge in [-0.3, -0.25) is 34.1 Å². The smallest absolute Gasteiger partial charge is 0.305 e. The summed E-state index contributed by atoms with van der Waals surface area (Å²) in [6.07, 6.45) is 1.94. The van der Waals surface area contributed by atoms with E-state index in [1.54, 1.807) is 12.1 Å². The predicted molar refractivity (Wildman–Crippen MR) is 124 cm³/mol. The maximum atomic E-state index is 13.6. The van der Waals surface area contributed by atoms with Crippen molar-refractivity contribution in [1.82, 2.24) is 10.6 Å². The molecule has 0 bridgehead atoms. The van der Waals surface area contributed by atoms with Gasteiger partial charge in [-0.1, -0.05) is 12.1 Å². The fourth-order valence-corrected chi connectivity index (χ4v) is 3.74. The summed E-state index contributed by atoms with van der Waals surface area (Å²) in [7, 11) is 0. The normalized spacial score (nSPS) is 15.7. The molecule has 0 spiro atoms. The highest BCUT2D eigenvalue weighted by molar-refractivity contribution is 6.11. The van der Waals surface area contributed by atoms with E-state index < -0.39 is 61.3 Å². The van der Waals surface area contributed by atoms with E-state index >= 15 is 0 Å². The first-order valence-electron chi connectivity index (χ1n) is 10.9. The van der Waals surface area contributed by atoms with Gasteiger partial charge in [0.05, 0.1) is 30.4 Å². The second kappa shape index (κ2) is 11.7. The number of aliphatic carboxylic acids is 1. The number of amides is 4. The standard InChI is InChI=1S/C23H23N5O9/c29-12-15(8-21(33)34)24-19(31)11-28-18-6-2-1-5-17(18)27(20(32)13-30)10-16(23(28)36)25-22(35)14-4-3-7-26(37)9-14/h1-7,9,12,15-16,30H,8,10-11,13H2,(H3-,24,25,31,33,34,35,37)/p+1/t15-,16-/m0/s1. The van der Waals surface area contributed by atoms with Crippen molar-refractivity contribution in [2.24, 2.45) is 0 Å². The van der Waals surface area contributed by atoms with E-state index in [9.17, 15) is 39.1 Å². The number of anilines is 2. The Kier molecular flexibility index (Phi) is 8.47. The molecule has 2 aromatic rings. The van der Waals surface area contributed by atoms with Crippen molar-refractivity contribution >= 4 is 47.3 Å². The van der Waals surface area contributed by atoms with Crippen LogP contribution in [0.15, 0.2) is 48.8 Å². The maximum absolute atomic E-state index is 13.6. The number of aliphatic hydroxyl groups excluding tert-OH is 1. The van der Waals surface area contributed by atoms with Gasteiger partial charge in [0.1, 0.15) is 31.0 Å². The van der Waals surface area contributed by atoms with E-state index in [-0.39, 0.29) is 29.8 Å². The van der Waals surface area contributed by atoms with E-state index in [1.165, 1.54) is 30.5 Å². The highest BCUT2D eigenvalue weighted by Crippen LogP contribution is 2.32. The number of hydrogen-bond acceptors (Lipinski definition) is 8. The molecule has 14 nitrogen and oxygen atoms in total. The Balaban J connectivity index is 1.96. The molecule has 0 saturated heterocycles. The van der Waals surface area contributed by atoms with Crippen LogP contribution >= 0.6 is 0 Å². The third-order valence-electron chi connectivity index (χ3n) is 5.39. The molecule has 4 amide bonds.